The van der Waals surface area contributed by atoms with Gasteiger partial charge in [0, 0.05) is 25.8 Å². The first-order valence-electron chi connectivity index (χ1n) is 10.8. The number of nitrogens with one attached hydrogen (secondary N) is 2. The van der Waals surface area contributed by atoms with Gasteiger partial charge in [-0.2, -0.15) is 0 Å². The topological polar surface area (TPSA) is 114 Å². The normalized spacial score (nSPS) is 12.5. The molecule has 3 aromatic carbocycles. The van der Waals surface area contributed by atoms with E-state index in [1.807, 2.05) is 0 Å². The van der Waals surface area contributed by atoms with E-state index in [1.54, 1.807) is 50.5 Å². The Morgan fingerprint density at radius 1 is 0.914 bits per heavy atom. The summed E-state index contributed by atoms with van der Waals surface area (Å²) in [5, 5.41) is 2.76. The number of anilines is 2. The van der Waals surface area contributed by atoms with Crippen molar-refractivity contribution in [2.75, 3.05) is 37.3 Å². The van der Waals surface area contributed by atoms with Crippen LogP contribution < -0.4 is 19.5 Å². The van der Waals surface area contributed by atoms with Gasteiger partial charge in [0.25, 0.3) is 15.9 Å². The van der Waals surface area contributed by atoms with Gasteiger partial charge in [-0.25, -0.2) is 8.42 Å². The largest absolute Gasteiger partial charge is 0.486 e. The van der Waals surface area contributed by atoms with Crippen LogP contribution in [0.2, 0.25) is 0 Å². The van der Waals surface area contributed by atoms with Gasteiger partial charge in [-0.15, -0.1) is 0 Å². The summed E-state index contributed by atoms with van der Waals surface area (Å²) in [7, 11) is -0.620. The van der Waals surface area contributed by atoms with Crippen LogP contribution in [0.5, 0.6) is 11.5 Å². The number of para-hydroxylation sites is 1. The van der Waals surface area contributed by atoms with Gasteiger partial charge in [-0.05, 0) is 42.0 Å². The van der Waals surface area contributed by atoms with Crippen LogP contribution in [0.1, 0.15) is 15.9 Å². The van der Waals surface area contributed by atoms with Crippen LogP contribution in [0.15, 0.2) is 71.6 Å². The van der Waals surface area contributed by atoms with Crippen molar-refractivity contribution in [2.24, 2.45) is 0 Å². The van der Waals surface area contributed by atoms with Crippen molar-refractivity contribution in [3.8, 4) is 11.5 Å². The Labute approximate surface area is 203 Å². The summed E-state index contributed by atoms with van der Waals surface area (Å²) in [6, 6.07) is 17.6. The molecule has 10 heteroatoms. The Bertz CT molecular complexity index is 1350. The van der Waals surface area contributed by atoms with Crippen molar-refractivity contribution in [1.82, 2.24) is 4.90 Å². The summed E-state index contributed by atoms with van der Waals surface area (Å²) in [5.74, 6) is 0.316. The van der Waals surface area contributed by atoms with Gasteiger partial charge in [-0.1, -0.05) is 24.3 Å². The molecule has 0 saturated carbocycles. The van der Waals surface area contributed by atoms with Crippen LogP contribution in [0.3, 0.4) is 0 Å². The Morgan fingerprint density at radius 3 is 2.31 bits per heavy atom. The van der Waals surface area contributed by atoms with Crippen LogP contribution in [0, 0.1) is 0 Å². The molecule has 1 heterocycles. The molecule has 1 aliphatic rings. The number of carbonyl (C=O) groups is 2. The number of nitrogens with zero attached hydrogens (tertiary/aromatic N) is 1. The predicted octanol–water partition coefficient (Wildman–Crippen LogP) is 3.14. The predicted molar refractivity (Wildman–Crippen MR) is 131 cm³/mol. The Morgan fingerprint density at radius 2 is 1.60 bits per heavy atom. The van der Waals surface area contributed by atoms with Gasteiger partial charge in [0.1, 0.15) is 13.2 Å². The average Bonchev–Trinajstić information content (AvgIpc) is 2.85. The lowest BCUT2D eigenvalue weighted by atomic mass is 10.1. The van der Waals surface area contributed by atoms with Crippen molar-refractivity contribution in [3.63, 3.8) is 0 Å². The van der Waals surface area contributed by atoms with Gasteiger partial charge in [0.15, 0.2) is 11.5 Å². The minimum atomic E-state index is -4.00. The highest BCUT2D eigenvalue weighted by Crippen LogP contribution is 2.33. The van der Waals surface area contributed by atoms with E-state index >= 15 is 0 Å². The summed E-state index contributed by atoms with van der Waals surface area (Å²) in [6.45, 7) is 0.733. The van der Waals surface area contributed by atoms with Crippen molar-refractivity contribution in [3.05, 3.63) is 77.9 Å². The number of likely N-dealkylation sites (N-methyl/N-ethyl adjacent to an activating group) is 1. The number of benzene rings is 3. The number of carbonyl (C=O) groups excluding carboxylic acids is 2. The molecule has 0 radical (unpaired) electrons. The molecule has 0 atom stereocenters. The van der Waals surface area contributed by atoms with Crippen LogP contribution in [0.4, 0.5) is 11.4 Å². The van der Waals surface area contributed by atoms with E-state index in [-0.39, 0.29) is 28.5 Å². The summed E-state index contributed by atoms with van der Waals surface area (Å²) in [5.41, 5.74) is 1.61. The van der Waals surface area contributed by atoms with Crippen molar-refractivity contribution in [2.45, 2.75) is 11.3 Å². The second-order valence-corrected chi connectivity index (χ2v) is 9.75. The number of sulfonamides is 1. The lowest BCUT2D eigenvalue weighted by Gasteiger charge is -2.19. The quantitative estimate of drug-likeness (QED) is 0.521. The third-order valence-corrected chi connectivity index (χ3v) is 6.67. The van der Waals surface area contributed by atoms with Gasteiger partial charge in [0.05, 0.1) is 22.6 Å². The van der Waals surface area contributed by atoms with E-state index in [4.69, 9.17) is 9.47 Å². The maximum absolute atomic E-state index is 13.0. The third-order valence-electron chi connectivity index (χ3n) is 5.31. The molecule has 3 aromatic rings. The first kappa shape index (κ1) is 24.1. The lowest BCUT2D eigenvalue weighted by Crippen LogP contribution is -2.23. The number of hydrogen-bond acceptors (Lipinski definition) is 6. The van der Waals surface area contributed by atoms with Gasteiger partial charge in [-0.3, -0.25) is 14.3 Å². The van der Waals surface area contributed by atoms with E-state index < -0.39 is 15.9 Å². The average molecular weight is 496 g/mol. The van der Waals surface area contributed by atoms with E-state index in [0.29, 0.717) is 30.4 Å². The fraction of sp³-hybridized carbons (Fsp3) is 0.200. The number of amides is 2. The molecule has 35 heavy (non-hydrogen) atoms. The standard InChI is InChI=1S/C25H25N3O6S/c1-28(2)24(29)15-17-7-9-18(10-8-17)26-25(30)20-5-3-4-6-21(20)27-35(31,32)19-11-12-22-23(16-19)34-14-13-33-22/h3-12,16,27H,13-15H2,1-2H3,(H,26,30). The van der Waals surface area contributed by atoms with Crippen LogP contribution in [-0.2, 0) is 21.2 Å². The molecule has 2 N–H and O–H groups in total. The number of fused-ring (bicyclic) bond motifs is 1. The minimum Gasteiger partial charge on any atom is -0.486 e. The van der Waals surface area contributed by atoms with Crippen LogP contribution in [0.25, 0.3) is 0 Å². The second-order valence-electron chi connectivity index (χ2n) is 8.07. The zero-order valence-corrected chi connectivity index (χ0v) is 20.1. The van der Waals surface area contributed by atoms with Crippen molar-refractivity contribution >= 4 is 33.2 Å². The minimum absolute atomic E-state index is 0.0141. The monoisotopic (exact) mass is 495 g/mol. The van der Waals surface area contributed by atoms with E-state index in [0.717, 1.165) is 5.56 Å². The Balaban J connectivity index is 1.50. The fourth-order valence-corrected chi connectivity index (χ4v) is 4.50. The molecule has 182 valence electrons. The molecule has 0 bridgehead atoms. The van der Waals surface area contributed by atoms with Crippen molar-refractivity contribution < 1.29 is 27.5 Å². The molecule has 0 unspecified atom stereocenters. The molecule has 0 saturated heterocycles. The molecular formula is C25H25N3O6S. The molecule has 0 fully saturated rings. The number of hydrogen-bond donors (Lipinski definition) is 2. The van der Waals surface area contributed by atoms with E-state index in [9.17, 15) is 18.0 Å². The van der Waals surface area contributed by atoms with Crippen molar-refractivity contribution in [1.29, 1.82) is 0 Å². The first-order chi connectivity index (χ1) is 16.7. The smallest absolute Gasteiger partial charge is 0.262 e. The van der Waals surface area contributed by atoms with E-state index in [2.05, 4.69) is 10.0 Å². The first-order valence-corrected chi connectivity index (χ1v) is 12.3. The highest BCUT2D eigenvalue weighted by molar-refractivity contribution is 7.92. The summed E-state index contributed by atoms with van der Waals surface area (Å²) < 4.78 is 39.5. The van der Waals surface area contributed by atoms with Gasteiger partial charge < -0.3 is 19.7 Å². The van der Waals surface area contributed by atoms with E-state index in [1.165, 1.54) is 35.2 Å². The SMILES string of the molecule is CN(C)C(=O)Cc1ccc(NC(=O)c2ccccc2NS(=O)(=O)c2ccc3c(c2)OCCO3)cc1. The fourth-order valence-electron chi connectivity index (χ4n) is 3.40. The number of ether oxygens (including phenoxy) is 2. The zero-order valence-electron chi connectivity index (χ0n) is 19.3. The summed E-state index contributed by atoms with van der Waals surface area (Å²) >= 11 is 0. The molecule has 0 aliphatic carbocycles. The zero-order chi connectivity index (χ0) is 25.0. The van der Waals surface area contributed by atoms with Crippen LogP contribution >= 0.6 is 0 Å². The molecule has 9 nitrogen and oxygen atoms in total. The van der Waals surface area contributed by atoms with Crippen LogP contribution in [-0.4, -0.2) is 52.4 Å². The summed E-state index contributed by atoms with van der Waals surface area (Å²) in [4.78, 5) is 26.3. The second kappa shape index (κ2) is 10.1. The van der Waals surface area contributed by atoms with Gasteiger partial charge in [0.2, 0.25) is 5.91 Å². The highest BCUT2D eigenvalue weighted by Gasteiger charge is 2.22. The third kappa shape index (κ3) is 5.72. The molecule has 4 rings (SSSR count). The molecular weight excluding hydrogens is 470 g/mol. The Hall–Kier alpha value is -4.05. The highest BCUT2D eigenvalue weighted by atomic mass is 32.2. The maximum Gasteiger partial charge on any atom is 0.262 e. The van der Waals surface area contributed by atoms with Gasteiger partial charge >= 0.3 is 0 Å². The lowest BCUT2D eigenvalue weighted by molar-refractivity contribution is -0.127. The summed E-state index contributed by atoms with van der Waals surface area (Å²) in [6.07, 6.45) is 0.256. The molecule has 1 aliphatic heterocycles. The Kier molecular flexibility index (Phi) is 6.92. The number of rotatable bonds is 7. The molecule has 0 spiro atoms. The molecule has 2 amide bonds. The maximum atomic E-state index is 13.0. The molecule has 0 aromatic heterocycles.